The average Bonchev–Trinajstić information content (AvgIpc) is 2.53. The van der Waals surface area contributed by atoms with Gasteiger partial charge in [-0.25, -0.2) is 4.98 Å². The van der Waals surface area contributed by atoms with E-state index in [4.69, 9.17) is 0 Å². The third-order valence-electron chi connectivity index (χ3n) is 2.40. The summed E-state index contributed by atoms with van der Waals surface area (Å²) >= 11 is 0. The van der Waals surface area contributed by atoms with Gasteiger partial charge in [-0.15, -0.1) is 0 Å². The van der Waals surface area contributed by atoms with Crippen LogP contribution in [0.5, 0.6) is 0 Å². The van der Waals surface area contributed by atoms with Crippen molar-refractivity contribution in [3.8, 4) is 0 Å². The Hall–Kier alpha value is -2.16. The molecular formula is C12H8N2O. The van der Waals surface area contributed by atoms with Gasteiger partial charge in [0.2, 0.25) is 5.43 Å². The van der Waals surface area contributed by atoms with Crippen LogP contribution in [0.3, 0.4) is 0 Å². The second-order valence-corrected chi connectivity index (χ2v) is 3.36. The molecule has 0 fully saturated rings. The molecule has 0 saturated heterocycles. The number of nitrogens with zero attached hydrogens (tertiary/aromatic N) is 2. The van der Waals surface area contributed by atoms with Crippen LogP contribution in [-0.2, 0) is 0 Å². The van der Waals surface area contributed by atoms with Gasteiger partial charge in [0.1, 0.15) is 11.2 Å². The highest BCUT2D eigenvalue weighted by Gasteiger charge is 2.04. The summed E-state index contributed by atoms with van der Waals surface area (Å²) in [5, 5.41) is 0. The van der Waals surface area contributed by atoms with Crippen LogP contribution >= 0.6 is 0 Å². The van der Waals surface area contributed by atoms with E-state index >= 15 is 0 Å². The molecule has 3 nitrogen and oxygen atoms in total. The van der Waals surface area contributed by atoms with Crippen molar-refractivity contribution in [1.29, 1.82) is 0 Å². The second kappa shape index (κ2) is 2.92. The Kier molecular flexibility index (Phi) is 1.59. The smallest absolute Gasteiger partial charge is 0.204 e. The van der Waals surface area contributed by atoms with Crippen molar-refractivity contribution in [2.24, 2.45) is 0 Å². The van der Waals surface area contributed by atoms with Crippen molar-refractivity contribution < 1.29 is 0 Å². The summed E-state index contributed by atoms with van der Waals surface area (Å²) in [5.41, 5.74) is 2.16. The Balaban J connectivity index is 2.72. The Bertz CT molecular complexity index is 700. The van der Waals surface area contributed by atoms with Crippen LogP contribution < -0.4 is 5.43 Å². The van der Waals surface area contributed by atoms with Gasteiger partial charge in [0, 0.05) is 6.20 Å². The maximum atomic E-state index is 11.8. The predicted octanol–water partition coefficient (Wildman–Crippen LogP) is 1.85. The van der Waals surface area contributed by atoms with Crippen LogP contribution in [0.2, 0.25) is 0 Å². The number of fused-ring (bicyclic) bond motifs is 3. The number of pyridine rings is 1. The largest absolute Gasteiger partial charge is 0.296 e. The van der Waals surface area contributed by atoms with E-state index in [1.54, 1.807) is 12.1 Å². The van der Waals surface area contributed by atoms with Crippen LogP contribution in [0.25, 0.3) is 16.7 Å². The third kappa shape index (κ3) is 1.13. The van der Waals surface area contributed by atoms with E-state index in [1.807, 2.05) is 40.9 Å². The van der Waals surface area contributed by atoms with E-state index in [1.165, 1.54) is 0 Å². The van der Waals surface area contributed by atoms with E-state index in [0.29, 0.717) is 5.52 Å². The molecule has 72 valence electrons. The van der Waals surface area contributed by atoms with Gasteiger partial charge in [-0.2, -0.15) is 0 Å². The Labute approximate surface area is 85.6 Å². The van der Waals surface area contributed by atoms with Crippen molar-refractivity contribution in [3.05, 3.63) is 58.9 Å². The molecule has 0 saturated carbocycles. The van der Waals surface area contributed by atoms with E-state index < -0.39 is 0 Å². The molecule has 0 radical (unpaired) electrons. The monoisotopic (exact) mass is 196 g/mol. The molecule has 3 heteroatoms. The number of imidazole rings is 1. The summed E-state index contributed by atoms with van der Waals surface area (Å²) in [7, 11) is 0. The summed E-state index contributed by atoms with van der Waals surface area (Å²) in [6.07, 6.45) is 1.85. The number of aromatic nitrogens is 2. The Morgan fingerprint density at radius 1 is 1.00 bits per heavy atom. The lowest BCUT2D eigenvalue weighted by Crippen LogP contribution is -1.98. The predicted molar refractivity (Wildman–Crippen MR) is 59.0 cm³/mol. The zero-order chi connectivity index (χ0) is 10.3. The minimum atomic E-state index is -0.00583. The molecule has 0 aliphatic rings. The zero-order valence-corrected chi connectivity index (χ0v) is 7.92. The normalized spacial score (nSPS) is 10.9. The van der Waals surface area contributed by atoms with Crippen LogP contribution in [0.1, 0.15) is 0 Å². The molecule has 2 aromatic heterocycles. The SMILES string of the molecule is O=c1ccccc2nc3ccccn3c12. The zero-order valence-electron chi connectivity index (χ0n) is 7.92. The van der Waals surface area contributed by atoms with Crippen molar-refractivity contribution in [2.45, 2.75) is 0 Å². The first-order valence-electron chi connectivity index (χ1n) is 4.72. The fourth-order valence-corrected chi connectivity index (χ4v) is 1.74. The lowest BCUT2D eigenvalue weighted by atomic mass is 10.4. The molecule has 0 aliphatic carbocycles. The molecule has 1 aromatic carbocycles. The highest BCUT2D eigenvalue weighted by Crippen LogP contribution is 2.11. The van der Waals surface area contributed by atoms with Crippen LogP contribution in [-0.4, -0.2) is 9.38 Å². The molecule has 15 heavy (non-hydrogen) atoms. The van der Waals surface area contributed by atoms with Gasteiger partial charge in [0.25, 0.3) is 0 Å². The maximum absolute atomic E-state index is 11.8. The molecule has 0 aliphatic heterocycles. The summed E-state index contributed by atoms with van der Waals surface area (Å²) in [4.78, 5) is 16.2. The second-order valence-electron chi connectivity index (χ2n) is 3.36. The first-order chi connectivity index (χ1) is 7.36. The molecular weight excluding hydrogens is 188 g/mol. The first kappa shape index (κ1) is 8.17. The van der Waals surface area contributed by atoms with Gasteiger partial charge in [-0.05, 0) is 24.3 Å². The van der Waals surface area contributed by atoms with Crippen LogP contribution in [0.15, 0.2) is 53.5 Å². The van der Waals surface area contributed by atoms with Crippen molar-refractivity contribution >= 4 is 16.7 Å². The van der Waals surface area contributed by atoms with Gasteiger partial charge < -0.3 is 0 Å². The van der Waals surface area contributed by atoms with Gasteiger partial charge in [0.05, 0.1) is 5.52 Å². The highest BCUT2D eigenvalue weighted by molar-refractivity contribution is 5.79. The standard InChI is InChI=1S/C12H8N2O/c15-10-6-2-1-5-9-12(10)14-8-4-3-7-11(14)13-9/h1-8H. The molecule has 0 spiro atoms. The summed E-state index contributed by atoms with van der Waals surface area (Å²) in [5.74, 6) is 0. The maximum Gasteiger partial charge on any atom is 0.204 e. The fraction of sp³-hybridized carbons (Fsp3) is 0. The van der Waals surface area contributed by atoms with E-state index in [9.17, 15) is 4.79 Å². The lowest BCUT2D eigenvalue weighted by molar-refractivity contribution is 1.22. The highest BCUT2D eigenvalue weighted by atomic mass is 16.1. The average molecular weight is 196 g/mol. The van der Waals surface area contributed by atoms with Gasteiger partial charge in [-0.3, -0.25) is 9.20 Å². The Morgan fingerprint density at radius 2 is 1.80 bits per heavy atom. The molecule has 3 aromatic rings. The number of hydrogen-bond acceptors (Lipinski definition) is 2. The third-order valence-corrected chi connectivity index (χ3v) is 2.40. The fourth-order valence-electron chi connectivity index (χ4n) is 1.74. The van der Waals surface area contributed by atoms with Crippen molar-refractivity contribution in [1.82, 2.24) is 9.38 Å². The summed E-state index contributed by atoms with van der Waals surface area (Å²) in [6, 6.07) is 12.7. The van der Waals surface area contributed by atoms with Gasteiger partial charge >= 0.3 is 0 Å². The molecule has 0 bridgehead atoms. The molecule has 0 atom stereocenters. The lowest BCUT2D eigenvalue weighted by Gasteiger charge is -1.90. The van der Waals surface area contributed by atoms with Gasteiger partial charge in [0.15, 0.2) is 0 Å². The van der Waals surface area contributed by atoms with E-state index in [0.717, 1.165) is 11.2 Å². The number of hydrogen-bond donors (Lipinski definition) is 0. The Morgan fingerprint density at radius 3 is 2.73 bits per heavy atom. The van der Waals surface area contributed by atoms with E-state index in [2.05, 4.69) is 4.98 Å². The van der Waals surface area contributed by atoms with E-state index in [-0.39, 0.29) is 5.43 Å². The summed E-state index contributed by atoms with van der Waals surface area (Å²) in [6.45, 7) is 0. The van der Waals surface area contributed by atoms with Gasteiger partial charge in [-0.1, -0.05) is 18.2 Å². The first-order valence-corrected chi connectivity index (χ1v) is 4.72. The van der Waals surface area contributed by atoms with Crippen LogP contribution in [0, 0.1) is 0 Å². The van der Waals surface area contributed by atoms with Crippen molar-refractivity contribution in [2.75, 3.05) is 0 Å². The van der Waals surface area contributed by atoms with Crippen molar-refractivity contribution in [3.63, 3.8) is 0 Å². The minimum Gasteiger partial charge on any atom is -0.296 e. The van der Waals surface area contributed by atoms with Crippen LogP contribution in [0.4, 0.5) is 0 Å². The molecule has 3 rings (SSSR count). The number of rotatable bonds is 0. The quantitative estimate of drug-likeness (QED) is 0.550. The minimum absolute atomic E-state index is 0.00583. The molecule has 2 heterocycles. The molecule has 0 N–H and O–H groups in total. The molecule has 0 amide bonds. The molecule has 0 unspecified atom stereocenters. The summed E-state index contributed by atoms with van der Waals surface area (Å²) < 4.78 is 1.82. The topological polar surface area (TPSA) is 34.4 Å².